The van der Waals surface area contributed by atoms with Crippen molar-refractivity contribution in [1.82, 2.24) is 9.97 Å². The highest BCUT2D eigenvalue weighted by molar-refractivity contribution is 7.94. The van der Waals surface area contributed by atoms with Crippen LogP contribution in [0.15, 0.2) is 65.8 Å². The highest BCUT2D eigenvalue weighted by Crippen LogP contribution is 2.31. The van der Waals surface area contributed by atoms with E-state index >= 15 is 0 Å². The second-order valence-electron chi connectivity index (χ2n) is 4.69. The first-order chi connectivity index (χ1) is 11.2. The number of hydrogen-bond acceptors (Lipinski definition) is 5. The predicted octanol–water partition coefficient (Wildman–Crippen LogP) is 4.21. The molecule has 0 amide bonds. The Kier molecular flexibility index (Phi) is 4.70. The van der Waals surface area contributed by atoms with E-state index in [-0.39, 0.29) is 5.82 Å². The molecule has 0 atom stereocenters. The minimum absolute atomic E-state index is 0.137. The summed E-state index contributed by atoms with van der Waals surface area (Å²) in [7, 11) is 0. The van der Waals surface area contributed by atoms with Crippen molar-refractivity contribution in [2.45, 2.75) is 11.8 Å². The van der Waals surface area contributed by atoms with E-state index in [2.05, 4.69) is 9.97 Å². The van der Waals surface area contributed by atoms with E-state index in [9.17, 15) is 10.1 Å². The molecule has 3 rings (SSSR count). The van der Waals surface area contributed by atoms with Gasteiger partial charge in [-0.3, -0.25) is 0 Å². The van der Waals surface area contributed by atoms with Gasteiger partial charge in [0.25, 0.3) is 5.16 Å². The van der Waals surface area contributed by atoms with Gasteiger partial charge in [-0.2, -0.15) is 4.98 Å². The molecule has 0 spiro atoms. The summed E-state index contributed by atoms with van der Waals surface area (Å²) in [5, 5.41) is 11.5. The molecular weight excluding hydrogens is 314 g/mol. The molecule has 0 saturated heterocycles. The van der Waals surface area contributed by atoms with Gasteiger partial charge in [0, 0.05) is 5.56 Å². The molecule has 0 bridgehead atoms. The van der Waals surface area contributed by atoms with Crippen LogP contribution >= 0.6 is 12.0 Å². The van der Waals surface area contributed by atoms with Gasteiger partial charge in [-0.05, 0) is 10.5 Å². The van der Waals surface area contributed by atoms with E-state index < -0.39 is 4.92 Å². The average Bonchev–Trinajstić information content (AvgIpc) is 3.01. The molecular formula is C16H13N3O3S. The van der Waals surface area contributed by atoms with Crippen LogP contribution in [-0.4, -0.2) is 14.9 Å². The Morgan fingerprint density at radius 1 is 1.09 bits per heavy atom. The van der Waals surface area contributed by atoms with Crippen molar-refractivity contribution >= 4 is 17.9 Å². The monoisotopic (exact) mass is 327 g/mol. The molecule has 0 unspecified atom stereocenters. The van der Waals surface area contributed by atoms with Crippen LogP contribution in [0.3, 0.4) is 0 Å². The largest absolute Gasteiger partial charge is 0.358 e. The van der Waals surface area contributed by atoms with Crippen molar-refractivity contribution in [3.05, 3.63) is 76.3 Å². The Bertz CT molecular complexity index is 791. The summed E-state index contributed by atoms with van der Waals surface area (Å²) in [6.45, 7) is 0.390. The molecule has 1 N–H and O–H groups in total. The van der Waals surface area contributed by atoms with Crippen molar-refractivity contribution in [3.63, 3.8) is 0 Å². The van der Waals surface area contributed by atoms with Crippen LogP contribution in [0.5, 0.6) is 0 Å². The first kappa shape index (κ1) is 15.3. The van der Waals surface area contributed by atoms with E-state index in [1.165, 1.54) is 0 Å². The fourth-order valence-electron chi connectivity index (χ4n) is 2.04. The Balaban J connectivity index is 1.75. The lowest BCUT2D eigenvalue weighted by Gasteiger charge is -1.98. The van der Waals surface area contributed by atoms with Crippen LogP contribution in [0.2, 0.25) is 0 Å². The maximum Gasteiger partial charge on any atom is 0.349 e. The molecule has 0 saturated carbocycles. The number of nitro groups is 1. The van der Waals surface area contributed by atoms with Crippen LogP contribution in [0, 0.1) is 10.1 Å². The average molecular weight is 327 g/mol. The van der Waals surface area contributed by atoms with E-state index in [1.54, 1.807) is 12.1 Å². The second-order valence-corrected chi connectivity index (χ2v) is 5.48. The summed E-state index contributed by atoms with van der Waals surface area (Å²) in [6, 6.07) is 18.7. The molecule has 2 aromatic carbocycles. The third-order valence-corrected chi connectivity index (χ3v) is 3.69. The minimum atomic E-state index is -0.476. The number of nitrogens with one attached hydrogen (secondary N) is 1. The summed E-state index contributed by atoms with van der Waals surface area (Å²) in [4.78, 5) is 17.7. The van der Waals surface area contributed by atoms with Crippen molar-refractivity contribution in [1.29, 1.82) is 0 Å². The molecule has 7 heteroatoms. The third kappa shape index (κ3) is 3.77. The van der Waals surface area contributed by atoms with Gasteiger partial charge in [0.2, 0.25) is 0 Å². The zero-order chi connectivity index (χ0) is 16.1. The summed E-state index contributed by atoms with van der Waals surface area (Å²) in [5.74, 6) is -0.137. The van der Waals surface area contributed by atoms with Gasteiger partial charge < -0.3 is 14.3 Å². The lowest BCUT2D eigenvalue weighted by atomic mass is 10.1. The third-order valence-electron chi connectivity index (χ3n) is 3.10. The smallest absolute Gasteiger partial charge is 0.349 e. The van der Waals surface area contributed by atoms with E-state index in [0.717, 1.165) is 17.6 Å². The normalized spacial score (nSPS) is 10.6. The van der Waals surface area contributed by atoms with Crippen molar-refractivity contribution in [2.24, 2.45) is 0 Å². The maximum absolute atomic E-state index is 11.2. The van der Waals surface area contributed by atoms with Gasteiger partial charge in [0.15, 0.2) is 5.69 Å². The highest BCUT2D eigenvalue weighted by atomic mass is 32.2. The number of benzene rings is 2. The standard InChI is InChI=1S/C16H13N3O3S/c20-19(21)15-14(13-9-5-2-6-10-13)17-16(18-15)23-22-11-12-7-3-1-4-8-12/h1-10H,11H2,(H,17,18). The number of nitrogens with zero attached hydrogens (tertiary/aromatic N) is 2. The molecule has 1 aromatic heterocycles. The number of hydrogen-bond donors (Lipinski definition) is 1. The summed E-state index contributed by atoms with van der Waals surface area (Å²) < 4.78 is 5.49. The van der Waals surface area contributed by atoms with Gasteiger partial charge in [0.1, 0.15) is 0 Å². The molecule has 0 radical (unpaired) electrons. The molecule has 1 heterocycles. The van der Waals surface area contributed by atoms with Gasteiger partial charge in [-0.15, -0.1) is 0 Å². The number of imidazole rings is 1. The molecule has 3 aromatic rings. The molecule has 23 heavy (non-hydrogen) atoms. The molecule has 116 valence electrons. The highest BCUT2D eigenvalue weighted by Gasteiger charge is 2.22. The first-order valence-electron chi connectivity index (χ1n) is 6.87. The van der Waals surface area contributed by atoms with Gasteiger partial charge in [-0.1, -0.05) is 60.7 Å². The quantitative estimate of drug-likeness (QED) is 0.417. The topological polar surface area (TPSA) is 81.0 Å². The Morgan fingerprint density at radius 3 is 2.39 bits per heavy atom. The zero-order valence-corrected chi connectivity index (χ0v) is 12.8. The first-order valence-corrected chi connectivity index (χ1v) is 7.61. The van der Waals surface area contributed by atoms with E-state index in [1.807, 2.05) is 48.5 Å². The maximum atomic E-state index is 11.2. The Morgan fingerprint density at radius 2 is 1.74 bits per heavy atom. The van der Waals surface area contributed by atoms with Crippen LogP contribution < -0.4 is 0 Å². The van der Waals surface area contributed by atoms with Crippen molar-refractivity contribution < 1.29 is 9.11 Å². The molecule has 0 aliphatic heterocycles. The van der Waals surface area contributed by atoms with Gasteiger partial charge in [0.05, 0.1) is 18.6 Å². The van der Waals surface area contributed by atoms with Gasteiger partial charge in [-0.25, -0.2) is 4.98 Å². The van der Waals surface area contributed by atoms with Crippen molar-refractivity contribution in [2.75, 3.05) is 0 Å². The van der Waals surface area contributed by atoms with E-state index in [4.69, 9.17) is 4.18 Å². The Labute approximate surface area is 136 Å². The molecule has 6 nitrogen and oxygen atoms in total. The van der Waals surface area contributed by atoms with Crippen LogP contribution in [-0.2, 0) is 10.8 Å². The van der Waals surface area contributed by atoms with E-state index in [0.29, 0.717) is 23.0 Å². The van der Waals surface area contributed by atoms with Crippen molar-refractivity contribution in [3.8, 4) is 11.3 Å². The van der Waals surface area contributed by atoms with Gasteiger partial charge >= 0.3 is 5.82 Å². The number of aromatic amines is 1. The van der Waals surface area contributed by atoms with Crippen LogP contribution in [0.4, 0.5) is 5.82 Å². The number of aromatic nitrogens is 2. The summed E-state index contributed by atoms with van der Waals surface area (Å²) in [5.41, 5.74) is 2.01. The van der Waals surface area contributed by atoms with Crippen LogP contribution in [0.25, 0.3) is 11.3 Å². The number of H-pyrrole nitrogens is 1. The van der Waals surface area contributed by atoms with Crippen LogP contribution in [0.1, 0.15) is 5.56 Å². The Hall–Kier alpha value is -2.64. The molecule has 0 fully saturated rings. The molecule has 0 aliphatic rings. The fraction of sp³-hybridized carbons (Fsp3) is 0.0625. The predicted molar refractivity (Wildman–Crippen MR) is 87.8 cm³/mol. The fourth-order valence-corrected chi connectivity index (χ4v) is 2.61. The SMILES string of the molecule is O=[N+]([O-])c1[nH]c(SOCc2ccccc2)nc1-c1ccccc1. The lowest BCUT2D eigenvalue weighted by Crippen LogP contribution is -1.90. The second kappa shape index (κ2) is 7.08. The number of rotatable bonds is 6. The zero-order valence-electron chi connectivity index (χ0n) is 12.0. The minimum Gasteiger partial charge on any atom is -0.358 e. The lowest BCUT2D eigenvalue weighted by molar-refractivity contribution is -0.388. The molecule has 0 aliphatic carbocycles. The summed E-state index contributed by atoms with van der Waals surface area (Å²) >= 11 is 0.991. The summed E-state index contributed by atoms with van der Waals surface area (Å²) in [6.07, 6.45) is 0.